The molecule has 0 heterocycles. The molecule has 0 unspecified atom stereocenters. The fourth-order valence-electron chi connectivity index (χ4n) is 12.7. The lowest BCUT2D eigenvalue weighted by atomic mass is 9.49. The summed E-state index contributed by atoms with van der Waals surface area (Å²) in [7, 11) is 0. The van der Waals surface area contributed by atoms with Crippen molar-refractivity contribution < 1.29 is 33.6 Å². The third kappa shape index (κ3) is 8.79. The molecule has 8 heteroatoms. The number of carbonyl (C=O) groups is 1. The van der Waals surface area contributed by atoms with Gasteiger partial charge in [0.25, 0.3) is 0 Å². The Labute approximate surface area is 343 Å². The molecule has 3 aromatic carbocycles. The van der Waals surface area contributed by atoms with Crippen LogP contribution in [0.5, 0.6) is 0 Å². The van der Waals surface area contributed by atoms with Crippen LogP contribution in [0.2, 0.25) is 0 Å². The summed E-state index contributed by atoms with van der Waals surface area (Å²) in [6.07, 6.45) is 12.9. The molecule has 10 rings (SSSR count). The molecular weight excluding hydrogens is 733 g/mol. The number of rotatable bonds is 12. The first-order valence-corrected chi connectivity index (χ1v) is 22.0. The third-order valence-electron chi connectivity index (χ3n) is 15.2. The Kier molecular flexibility index (Phi) is 12.2. The lowest BCUT2D eigenvalue weighted by molar-refractivity contribution is -0.115. The first-order chi connectivity index (χ1) is 27.8. The Morgan fingerprint density at radius 3 is 2.34 bits per heavy atom. The predicted molar refractivity (Wildman–Crippen MR) is 222 cm³/mol. The normalized spacial score (nSPS) is 32.6. The summed E-state index contributed by atoms with van der Waals surface area (Å²) in [4.78, 5) is 16.8. The van der Waals surface area contributed by atoms with E-state index in [0.29, 0.717) is 57.4 Å². The van der Waals surface area contributed by atoms with Gasteiger partial charge in [-0.05, 0) is 160 Å². The zero-order valence-electron chi connectivity index (χ0n) is 34.5. The highest BCUT2D eigenvalue weighted by Gasteiger charge is 2.58. The molecule has 0 radical (unpaired) electrons. The molecule has 3 aromatic rings. The summed E-state index contributed by atoms with van der Waals surface area (Å²) in [6, 6.07) is 19.1. The average molecular weight is 796 g/mol. The number of allylic oxidation sites excluding steroid dienone is 2. The molecule has 0 amide bonds. The van der Waals surface area contributed by atoms with Crippen LogP contribution in [-0.2, 0) is 17.8 Å². The van der Waals surface area contributed by atoms with E-state index in [-0.39, 0.29) is 23.5 Å². The molecule has 0 aliphatic heterocycles. The van der Waals surface area contributed by atoms with Crippen LogP contribution in [-0.4, -0.2) is 70.1 Å². The summed E-state index contributed by atoms with van der Waals surface area (Å²) >= 11 is 0. The summed E-state index contributed by atoms with van der Waals surface area (Å²) < 4.78 is 34.7. The van der Waals surface area contributed by atoms with Crippen molar-refractivity contribution >= 4 is 5.78 Å². The Morgan fingerprint density at radius 2 is 1.64 bits per heavy atom. The molecule has 6 nitrogen and oxygen atoms in total. The van der Waals surface area contributed by atoms with Gasteiger partial charge >= 0.3 is 0 Å². The molecule has 0 saturated heterocycles. The van der Waals surface area contributed by atoms with E-state index in [1.54, 1.807) is 0 Å². The fraction of sp³-hybridized carbons (Fsp3) is 0.580. The van der Waals surface area contributed by atoms with E-state index in [0.717, 1.165) is 66.0 Å². The number of hydrogen-bond donors (Lipinski definition) is 3. The second kappa shape index (κ2) is 17.0. The van der Waals surface area contributed by atoms with Crippen LogP contribution in [0.1, 0.15) is 129 Å². The van der Waals surface area contributed by atoms with Gasteiger partial charge < -0.3 is 20.1 Å². The number of halogens is 2. The van der Waals surface area contributed by atoms with Crippen LogP contribution in [0.4, 0.5) is 8.78 Å². The number of benzene rings is 3. The van der Waals surface area contributed by atoms with Gasteiger partial charge in [0.15, 0.2) is 17.4 Å². The number of ether oxygens (including phenoxy) is 1. The van der Waals surface area contributed by atoms with Gasteiger partial charge in [0, 0.05) is 36.2 Å². The van der Waals surface area contributed by atoms with Crippen LogP contribution >= 0.6 is 0 Å². The highest BCUT2D eigenvalue weighted by molar-refractivity contribution is 6.10. The van der Waals surface area contributed by atoms with Crippen molar-refractivity contribution in [2.45, 2.75) is 128 Å². The van der Waals surface area contributed by atoms with E-state index < -0.39 is 40.6 Å². The van der Waals surface area contributed by atoms with Crippen molar-refractivity contribution in [3.63, 3.8) is 0 Å². The van der Waals surface area contributed by atoms with Gasteiger partial charge in [0.2, 0.25) is 0 Å². The van der Waals surface area contributed by atoms with Crippen molar-refractivity contribution in [3.8, 4) is 0 Å². The van der Waals surface area contributed by atoms with Crippen LogP contribution in [0, 0.1) is 40.2 Å². The second-order valence-corrected chi connectivity index (χ2v) is 19.6. The number of ketones is 1. The number of nitrogens with zero attached hydrogens (tertiary/aromatic N) is 1. The van der Waals surface area contributed by atoms with Crippen molar-refractivity contribution in [1.29, 1.82) is 0 Å². The minimum Gasteiger partial charge on any atom is -0.393 e. The van der Waals surface area contributed by atoms with E-state index >= 15 is 0 Å². The molecule has 5 saturated carbocycles. The Bertz CT molecular complexity index is 1930. The highest BCUT2D eigenvalue weighted by Crippen LogP contribution is 2.62. The number of aliphatic hydroxyl groups is 3. The average Bonchev–Trinajstić information content (AvgIpc) is 3.42. The molecule has 58 heavy (non-hydrogen) atoms. The molecular formula is C50H63F2NO5. The molecule has 3 N–H and O–H groups in total. The van der Waals surface area contributed by atoms with Crippen LogP contribution < -0.4 is 0 Å². The standard InChI is InChI=1S/C50H63F2NO5/c1-33-7-6-17-48(2)44(42-14-11-35(22-40(54)13-10-33)23-43(42)47(56)39-12-15-45(51)46(52)24-39)16-18-50(48,57)32-53(28-41(55)30-58-29-34-8-4-3-5-9-34)31-49-25-36-19-37(26-49)21-38(20-36)27-49/h3-5,7-9,11-12,14-15,23-24,36-38,40-41,44,54-55,57H,6,10,13,16-22,25-32H2,1-2H3/t36?,37?,38?,40-,41+,44-,48-,49?,50+/m0/s1. The monoisotopic (exact) mass is 795 g/mol. The van der Waals surface area contributed by atoms with Crippen LogP contribution in [0.3, 0.4) is 0 Å². The quantitative estimate of drug-likeness (QED) is 0.125. The number of fused-ring (bicyclic) bond motifs is 8. The molecule has 7 aliphatic carbocycles. The van der Waals surface area contributed by atoms with Gasteiger partial charge in [-0.1, -0.05) is 61.0 Å². The first kappa shape index (κ1) is 41.5. The van der Waals surface area contributed by atoms with E-state index in [9.17, 15) is 28.9 Å². The predicted octanol–water partition coefficient (Wildman–Crippen LogP) is 9.33. The van der Waals surface area contributed by atoms with Gasteiger partial charge in [-0.3, -0.25) is 9.69 Å². The number of carbonyl (C=O) groups excluding carboxylic acids is 1. The smallest absolute Gasteiger partial charge is 0.193 e. The molecule has 0 aromatic heterocycles. The van der Waals surface area contributed by atoms with Crippen molar-refractivity contribution in [2.24, 2.45) is 28.6 Å². The molecule has 6 bridgehead atoms. The van der Waals surface area contributed by atoms with Gasteiger partial charge in [-0.2, -0.15) is 0 Å². The summed E-state index contributed by atoms with van der Waals surface area (Å²) in [6.45, 7) is 6.56. The third-order valence-corrected chi connectivity index (χ3v) is 15.2. The van der Waals surface area contributed by atoms with Gasteiger partial charge in [-0.25, -0.2) is 8.78 Å². The number of aliphatic hydroxyl groups excluding tert-OH is 2. The van der Waals surface area contributed by atoms with Crippen molar-refractivity contribution in [1.82, 2.24) is 4.90 Å². The van der Waals surface area contributed by atoms with Crippen LogP contribution in [0.15, 0.2) is 78.4 Å². The lowest BCUT2D eigenvalue weighted by Crippen LogP contribution is -2.57. The minimum absolute atomic E-state index is 0.0673. The van der Waals surface area contributed by atoms with Crippen LogP contribution in [0.25, 0.3) is 0 Å². The van der Waals surface area contributed by atoms with Gasteiger partial charge in [0.1, 0.15) is 0 Å². The summed E-state index contributed by atoms with van der Waals surface area (Å²) in [5, 5.41) is 36.0. The zero-order chi connectivity index (χ0) is 40.7. The SMILES string of the molecule is CC1=CCC[C@@]2(C)[C@@H](CC[C@@]2(O)CN(C[C@@H](O)COCc2ccccc2)CC23CC4CC(CC(C4)C2)C3)c2ccc(cc2C(=O)c2ccc(F)c(F)c2)C[C@@H](O)CC1. The van der Waals surface area contributed by atoms with Gasteiger partial charge in [0.05, 0.1) is 31.0 Å². The largest absolute Gasteiger partial charge is 0.393 e. The highest BCUT2D eigenvalue weighted by atomic mass is 19.2. The van der Waals surface area contributed by atoms with E-state index in [1.165, 1.54) is 50.2 Å². The first-order valence-electron chi connectivity index (χ1n) is 22.0. The molecule has 5 fully saturated rings. The maximum absolute atomic E-state index is 14.6. The maximum Gasteiger partial charge on any atom is 0.193 e. The molecule has 7 aliphatic rings. The van der Waals surface area contributed by atoms with E-state index in [1.807, 2.05) is 48.5 Å². The summed E-state index contributed by atoms with van der Waals surface area (Å²) in [5.74, 6) is -0.374. The zero-order valence-corrected chi connectivity index (χ0v) is 34.5. The Hall–Kier alpha value is -3.27. The van der Waals surface area contributed by atoms with E-state index in [2.05, 4.69) is 24.8 Å². The van der Waals surface area contributed by atoms with Crippen molar-refractivity contribution in [3.05, 3.63) is 118 Å². The Morgan fingerprint density at radius 1 is 0.914 bits per heavy atom. The van der Waals surface area contributed by atoms with Gasteiger partial charge in [-0.15, -0.1) is 0 Å². The molecule has 5 atom stereocenters. The lowest BCUT2D eigenvalue weighted by Gasteiger charge is -2.58. The van der Waals surface area contributed by atoms with E-state index in [4.69, 9.17) is 4.74 Å². The fourth-order valence-corrected chi connectivity index (χ4v) is 12.7. The topological polar surface area (TPSA) is 90.2 Å². The minimum atomic E-state index is -1.15. The van der Waals surface area contributed by atoms with Crippen molar-refractivity contribution in [2.75, 3.05) is 26.2 Å². The summed E-state index contributed by atoms with van der Waals surface area (Å²) in [5.41, 5.74) is 2.71. The Balaban J connectivity index is 1.13. The molecule has 0 spiro atoms. The molecule has 312 valence electrons. The maximum atomic E-state index is 14.6. The second-order valence-electron chi connectivity index (χ2n) is 19.6. The number of hydrogen-bond acceptors (Lipinski definition) is 6.